The van der Waals surface area contributed by atoms with E-state index in [0.717, 1.165) is 5.56 Å². The summed E-state index contributed by atoms with van der Waals surface area (Å²) in [5.74, 6) is 1.14. The molecule has 0 spiro atoms. The molecule has 0 aliphatic heterocycles. The molecule has 0 atom stereocenters. The van der Waals surface area contributed by atoms with Crippen LogP contribution in [0.25, 0.3) is 11.4 Å². The number of methoxy groups -OCH3 is 1. The Bertz CT molecular complexity index is 1030. The lowest BCUT2D eigenvalue weighted by Gasteiger charge is -2.17. The molecule has 2 aromatic carbocycles. The molecule has 7 nitrogen and oxygen atoms in total. The Kier molecular flexibility index (Phi) is 7.69. The number of ether oxygens (including phenoxy) is 2. The minimum atomic E-state index is -2.87. The summed E-state index contributed by atoms with van der Waals surface area (Å²) in [6.07, 6.45) is 0. The van der Waals surface area contributed by atoms with Gasteiger partial charge < -0.3 is 14.4 Å². The van der Waals surface area contributed by atoms with Crippen LogP contribution in [0.3, 0.4) is 0 Å². The van der Waals surface area contributed by atoms with E-state index in [1.54, 1.807) is 44.5 Å². The number of aromatic nitrogens is 3. The van der Waals surface area contributed by atoms with Crippen LogP contribution in [0, 0.1) is 0 Å². The maximum atomic E-state index is 12.4. The number of halogens is 3. The second kappa shape index (κ2) is 10.5. The number of thioether (sulfide) groups is 1. The van der Waals surface area contributed by atoms with Crippen molar-refractivity contribution in [1.29, 1.82) is 0 Å². The summed E-state index contributed by atoms with van der Waals surface area (Å²) in [7, 11) is 3.21. The van der Waals surface area contributed by atoms with Gasteiger partial charge in [0.1, 0.15) is 11.5 Å². The standard InChI is InChI=1S/C20H19ClF2N4O3S/c1-27(10-12-3-6-14(7-4-12)30-19(22)23)17(28)11-31-20-24-18(25-26-20)15-9-13(21)5-8-16(15)29-2/h3-9,19H,10-11H2,1-2H3,(H,24,25,26). The van der Waals surface area contributed by atoms with Crippen LogP contribution in [0.5, 0.6) is 11.5 Å². The Labute approximate surface area is 186 Å². The van der Waals surface area contributed by atoms with E-state index in [4.69, 9.17) is 16.3 Å². The molecule has 11 heteroatoms. The van der Waals surface area contributed by atoms with Gasteiger partial charge in [-0.15, -0.1) is 5.10 Å². The van der Waals surface area contributed by atoms with Crippen LogP contribution in [0.15, 0.2) is 47.6 Å². The summed E-state index contributed by atoms with van der Waals surface area (Å²) in [5.41, 5.74) is 1.45. The van der Waals surface area contributed by atoms with Gasteiger partial charge in [0.25, 0.3) is 0 Å². The van der Waals surface area contributed by atoms with Crippen molar-refractivity contribution in [2.45, 2.75) is 18.3 Å². The van der Waals surface area contributed by atoms with E-state index in [1.165, 1.54) is 28.8 Å². The Morgan fingerprint density at radius 1 is 1.26 bits per heavy atom. The fourth-order valence-electron chi connectivity index (χ4n) is 2.67. The Morgan fingerprint density at radius 2 is 2.00 bits per heavy atom. The van der Waals surface area contributed by atoms with Crippen molar-refractivity contribution in [3.05, 3.63) is 53.1 Å². The van der Waals surface area contributed by atoms with Crippen molar-refractivity contribution < 1.29 is 23.0 Å². The molecule has 164 valence electrons. The first-order chi connectivity index (χ1) is 14.9. The molecule has 0 bridgehead atoms. The second-order valence-electron chi connectivity index (χ2n) is 6.37. The number of nitrogens with one attached hydrogen (secondary N) is 1. The highest BCUT2D eigenvalue weighted by Crippen LogP contribution is 2.31. The van der Waals surface area contributed by atoms with Crippen LogP contribution in [0.2, 0.25) is 5.02 Å². The second-order valence-corrected chi connectivity index (χ2v) is 7.75. The van der Waals surface area contributed by atoms with Crippen LogP contribution < -0.4 is 9.47 Å². The molecule has 1 amide bonds. The Morgan fingerprint density at radius 3 is 2.68 bits per heavy atom. The molecule has 1 heterocycles. The van der Waals surface area contributed by atoms with E-state index < -0.39 is 6.61 Å². The molecule has 0 fully saturated rings. The van der Waals surface area contributed by atoms with Gasteiger partial charge in [-0.2, -0.15) is 8.78 Å². The van der Waals surface area contributed by atoms with Gasteiger partial charge in [0.15, 0.2) is 5.82 Å². The lowest BCUT2D eigenvalue weighted by atomic mass is 10.2. The van der Waals surface area contributed by atoms with Crippen molar-refractivity contribution >= 4 is 29.3 Å². The number of aromatic amines is 1. The third-order valence-corrected chi connectivity index (χ3v) is 5.27. The Hall–Kier alpha value is -2.85. The predicted octanol–water partition coefficient (Wildman–Crippen LogP) is 4.49. The van der Waals surface area contributed by atoms with Crippen LogP contribution in [-0.2, 0) is 11.3 Å². The van der Waals surface area contributed by atoms with Crippen LogP contribution in [0.4, 0.5) is 8.78 Å². The van der Waals surface area contributed by atoms with E-state index in [-0.39, 0.29) is 17.4 Å². The zero-order valence-corrected chi connectivity index (χ0v) is 18.2. The molecule has 1 N–H and O–H groups in total. The number of benzene rings is 2. The van der Waals surface area contributed by atoms with Crippen molar-refractivity contribution in [3.63, 3.8) is 0 Å². The third kappa shape index (κ3) is 6.31. The molecular weight excluding hydrogens is 450 g/mol. The molecule has 0 aliphatic rings. The topological polar surface area (TPSA) is 80.3 Å². The summed E-state index contributed by atoms with van der Waals surface area (Å²) >= 11 is 7.24. The maximum absolute atomic E-state index is 12.4. The van der Waals surface area contributed by atoms with Crippen molar-refractivity contribution in [2.75, 3.05) is 19.9 Å². The fraction of sp³-hybridized carbons (Fsp3) is 0.250. The SMILES string of the molecule is COc1ccc(Cl)cc1-c1nc(SCC(=O)N(C)Cc2ccc(OC(F)F)cc2)n[nH]1. The maximum Gasteiger partial charge on any atom is 0.387 e. The first-order valence-corrected chi connectivity index (χ1v) is 10.4. The predicted molar refractivity (Wildman–Crippen MR) is 114 cm³/mol. The Balaban J connectivity index is 1.55. The smallest absolute Gasteiger partial charge is 0.387 e. The van der Waals surface area contributed by atoms with Gasteiger partial charge in [-0.3, -0.25) is 9.89 Å². The molecule has 3 aromatic rings. The summed E-state index contributed by atoms with van der Waals surface area (Å²) in [6.45, 7) is -2.55. The minimum absolute atomic E-state index is 0.0695. The monoisotopic (exact) mass is 468 g/mol. The molecule has 31 heavy (non-hydrogen) atoms. The lowest BCUT2D eigenvalue weighted by molar-refractivity contribution is -0.127. The normalized spacial score (nSPS) is 10.9. The van der Waals surface area contributed by atoms with Crippen molar-refractivity contribution in [1.82, 2.24) is 20.1 Å². The molecule has 0 aliphatic carbocycles. The number of carbonyl (C=O) groups excluding carboxylic acids is 1. The van der Waals surface area contributed by atoms with Gasteiger partial charge in [0.2, 0.25) is 11.1 Å². The van der Waals surface area contributed by atoms with E-state index in [1.807, 2.05) is 0 Å². The van der Waals surface area contributed by atoms with E-state index in [0.29, 0.717) is 33.9 Å². The van der Waals surface area contributed by atoms with E-state index >= 15 is 0 Å². The minimum Gasteiger partial charge on any atom is -0.496 e. The first-order valence-electron chi connectivity index (χ1n) is 9.02. The molecule has 0 saturated carbocycles. The highest BCUT2D eigenvalue weighted by Gasteiger charge is 2.15. The molecule has 0 radical (unpaired) electrons. The largest absolute Gasteiger partial charge is 0.496 e. The first kappa shape index (κ1) is 22.8. The zero-order valence-electron chi connectivity index (χ0n) is 16.6. The summed E-state index contributed by atoms with van der Waals surface area (Å²) in [4.78, 5) is 18.4. The summed E-state index contributed by atoms with van der Waals surface area (Å²) in [5, 5.41) is 7.90. The van der Waals surface area contributed by atoms with Gasteiger partial charge in [-0.25, -0.2) is 4.98 Å². The highest BCUT2D eigenvalue weighted by molar-refractivity contribution is 7.99. The summed E-state index contributed by atoms with van der Waals surface area (Å²) < 4.78 is 34.1. The lowest BCUT2D eigenvalue weighted by Crippen LogP contribution is -2.27. The number of alkyl halides is 2. The van der Waals surface area contributed by atoms with Crippen LogP contribution >= 0.6 is 23.4 Å². The number of hydrogen-bond acceptors (Lipinski definition) is 6. The number of nitrogens with zero attached hydrogens (tertiary/aromatic N) is 3. The quantitative estimate of drug-likeness (QED) is 0.466. The molecular formula is C20H19ClF2N4O3S. The van der Waals surface area contributed by atoms with Gasteiger partial charge in [-0.1, -0.05) is 35.5 Å². The van der Waals surface area contributed by atoms with Crippen molar-refractivity contribution in [3.8, 4) is 22.9 Å². The van der Waals surface area contributed by atoms with Gasteiger partial charge >= 0.3 is 6.61 Å². The number of amides is 1. The van der Waals surface area contributed by atoms with E-state index in [2.05, 4.69) is 19.9 Å². The number of carbonyl (C=O) groups is 1. The van der Waals surface area contributed by atoms with Gasteiger partial charge in [0.05, 0.1) is 18.4 Å². The van der Waals surface area contributed by atoms with Crippen LogP contribution in [0.1, 0.15) is 5.56 Å². The average Bonchev–Trinajstić information content (AvgIpc) is 3.22. The number of H-pyrrole nitrogens is 1. The zero-order chi connectivity index (χ0) is 22.4. The van der Waals surface area contributed by atoms with E-state index in [9.17, 15) is 13.6 Å². The van der Waals surface area contributed by atoms with Crippen molar-refractivity contribution in [2.24, 2.45) is 0 Å². The average molecular weight is 469 g/mol. The van der Waals surface area contributed by atoms with Crippen LogP contribution in [-0.4, -0.2) is 52.5 Å². The third-order valence-electron chi connectivity index (χ3n) is 4.20. The molecule has 0 saturated heterocycles. The fourth-order valence-corrected chi connectivity index (χ4v) is 3.58. The highest BCUT2D eigenvalue weighted by atomic mass is 35.5. The number of rotatable bonds is 9. The van der Waals surface area contributed by atoms with Gasteiger partial charge in [-0.05, 0) is 35.9 Å². The molecule has 3 rings (SSSR count). The molecule has 0 unspecified atom stereocenters. The molecule has 1 aromatic heterocycles. The number of hydrogen-bond donors (Lipinski definition) is 1. The van der Waals surface area contributed by atoms with Gasteiger partial charge in [0, 0.05) is 18.6 Å². The summed E-state index contributed by atoms with van der Waals surface area (Å²) in [6, 6.07) is 11.3.